The van der Waals surface area contributed by atoms with Crippen LogP contribution in [0.5, 0.6) is 0 Å². The van der Waals surface area contributed by atoms with Crippen molar-refractivity contribution < 1.29 is 23.9 Å². The number of aromatic carboxylic acids is 1. The number of aryl methyl sites for hydroxylation is 1. The van der Waals surface area contributed by atoms with E-state index < -0.39 is 23.7 Å². The van der Waals surface area contributed by atoms with Gasteiger partial charge in [0.1, 0.15) is 11.9 Å². The van der Waals surface area contributed by atoms with Crippen molar-refractivity contribution >= 4 is 35.1 Å². The molecular weight excluding hydrogens is 461 g/mol. The van der Waals surface area contributed by atoms with E-state index in [-0.39, 0.29) is 29.6 Å². The number of nitrogens with one attached hydrogen (secondary N) is 1. The molecule has 34 heavy (non-hydrogen) atoms. The standard InChI is InChI=1S/C25H27ClFN3O4/c1-15-10-16(2-3-21(15)26)14-29-8-6-20(7-9-29)30-22(4-5-23(30)31)24(32)28-19-12-17(25(33)34)11-18(27)13-19/h2-3,10-13,20,22H,4-9,14H2,1H3,(H,28,32)(H,33,34). The number of hydrogen-bond donors (Lipinski definition) is 2. The van der Waals surface area contributed by atoms with Crippen molar-refractivity contribution in [3.63, 3.8) is 0 Å². The number of amides is 2. The number of carboxylic acid groups (broad SMARTS) is 1. The number of benzene rings is 2. The zero-order chi connectivity index (χ0) is 24.4. The largest absolute Gasteiger partial charge is 0.478 e. The predicted molar refractivity (Wildman–Crippen MR) is 126 cm³/mol. The SMILES string of the molecule is Cc1cc(CN2CCC(N3C(=O)CCC3C(=O)Nc3cc(F)cc(C(=O)O)c3)CC2)ccc1Cl. The van der Waals surface area contributed by atoms with Crippen LogP contribution in [-0.4, -0.2) is 57.9 Å². The van der Waals surface area contributed by atoms with Gasteiger partial charge in [-0.15, -0.1) is 0 Å². The van der Waals surface area contributed by atoms with Crippen molar-refractivity contribution in [1.29, 1.82) is 0 Å². The van der Waals surface area contributed by atoms with Gasteiger partial charge in [0.25, 0.3) is 0 Å². The molecule has 2 amide bonds. The number of anilines is 1. The molecule has 0 aromatic heterocycles. The first-order chi connectivity index (χ1) is 16.2. The minimum Gasteiger partial charge on any atom is -0.478 e. The molecule has 7 nitrogen and oxygen atoms in total. The molecule has 0 saturated carbocycles. The van der Waals surface area contributed by atoms with Gasteiger partial charge in [-0.1, -0.05) is 23.7 Å². The van der Waals surface area contributed by atoms with E-state index >= 15 is 0 Å². The smallest absolute Gasteiger partial charge is 0.335 e. The monoisotopic (exact) mass is 487 g/mol. The zero-order valence-corrected chi connectivity index (χ0v) is 19.6. The highest BCUT2D eigenvalue weighted by Crippen LogP contribution is 2.29. The van der Waals surface area contributed by atoms with Crippen LogP contribution < -0.4 is 5.32 Å². The van der Waals surface area contributed by atoms with Crippen LogP contribution >= 0.6 is 11.6 Å². The van der Waals surface area contributed by atoms with E-state index in [1.165, 1.54) is 11.6 Å². The molecule has 4 rings (SSSR count). The Kier molecular flexibility index (Phi) is 7.19. The third-order valence-electron chi connectivity index (χ3n) is 6.55. The summed E-state index contributed by atoms with van der Waals surface area (Å²) < 4.78 is 13.8. The van der Waals surface area contributed by atoms with Gasteiger partial charge in [-0.25, -0.2) is 9.18 Å². The van der Waals surface area contributed by atoms with E-state index in [0.29, 0.717) is 6.42 Å². The Bertz CT molecular complexity index is 1120. The Morgan fingerprint density at radius 1 is 1.15 bits per heavy atom. The summed E-state index contributed by atoms with van der Waals surface area (Å²) in [6.45, 7) is 4.38. The summed E-state index contributed by atoms with van der Waals surface area (Å²) in [6, 6.07) is 8.49. The Hall–Kier alpha value is -2.97. The lowest BCUT2D eigenvalue weighted by Crippen LogP contribution is -2.51. The Labute approximate surface area is 202 Å². The first kappa shape index (κ1) is 24.2. The molecule has 1 unspecified atom stereocenters. The summed E-state index contributed by atoms with van der Waals surface area (Å²) in [7, 11) is 0. The summed E-state index contributed by atoms with van der Waals surface area (Å²) in [5.41, 5.74) is 2.04. The highest BCUT2D eigenvalue weighted by Gasteiger charge is 2.41. The minimum atomic E-state index is -1.28. The molecule has 9 heteroatoms. The summed E-state index contributed by atoms with van der Waals surface area (Å²) >= 11 is 6.12. The van der Waals surface area contributed by atoms with Gasteiger partial charge >= 0.3 is 5.97 Å². The number of hydrogen-bond acceptors (Lipinski definition) is 4. The fourth-order valence-corrected chi connectivity index (χ4v) is 4.97. The number of carboxylic acids is 1. The van der Waals surface area contributed by atoms with Crippen molar-refractivity contribution in [3.8, 4) is 0 Å². The van der Waals surface area contributed by atoms with Crippen molar-refractivity contribution in [2.75, 3.05) is 18.4 Å². The first-order valence-electron chi connectivity index (χ1n) is 11.3. The van der Waals surface area contributed by atoms with Crippen molar-refractivity contribution in [1.82, 2.24) is 9.80 Å². The second kappa shape index (κ2) is 10.1. The third-order valence-corrected chi connectivity index (χ3v) is 6.97. The van der Waals surface area contributed by atoms with E-state index in [0.717, 1.165) is 55.2 Å². The number of rotatable bonds is 6. The molecule has 0 aliphatic carbocycles. The van der Waals surface area contributed by atoms with Crippen LogP contribution in [0.15, 0.2) is 36.4 Å². The lowest BCUT2D eigenvalue weighted by atomic mass is 10.0. The lowest BCUT2D eigenvalue weighted by Gasteiger charge is -2.39. The maximum absolute atomic E-state index is 13.8. The molecule has 2 aliphatic rings. The van der Waals surface area contributed by atoms with Crippen LogP contribution in [0.2, 0.25) is 5.02 Å². The number of halogens is 2. The summed E-state index contributed by atoms with van der Waals surface area (Å²) in [5.74, 6) is -2.52. The molecule has 2 saturated heterocycles. The molecule has 1 atom stereocenters. The van der Waals surface area contributed by atoms with Crippen molar-refractivity contribution in [2.45, 2.75) is 51.2 Å². The molecule has 2 N–H and O–H groups in total. The minimum absolute atomic E-state index is 0.0453. The van der Waals surface area contributed by atoms with Crippen molar-refractivity contribution in [2.24, 2.45) is 0 Å². The second-order valence-corrected chi connectivity index (χ2v) is 9.38. The molecule has 2 aromatic carbocycles. The van der Waals surface area contributed by atoms with Crippen LogP contribution in [-0.2, 0) is 16.1 Å². The number of carbonyl (C=O) groups is 3. The summed E-state index contributed by atoms with van der Waals surface area (Å²) in [6.07, 6.45) is 2.18. The van der Waals surface area contributed by atoms with E-state index in [9.17, 15) is 18.8 Å². The molecule has 2 heterocycles. The second-order valence-electron chi connectivity index (χ2n) is 8.97. The zero-order valence-electron chi connectivity index (χ0n) is 18.9. The molecule has 0 bridgehead atoms. The molecule has 180 valence electrons. The number of carbonyl (C=O) groups excluding carboxylic acids is 2. The topological polar surface area (TPSA) is 90.0 Å². The first-order valence-corrected chi connectivity index (χ1v) is 11.7. The quantitative estimate of drug-likeness (QED) is 0.640. The van der Waals surface area contributed by atoms with Crippen LogP contribution in [0.25, 0.3) is 0 Å². The highest BCUT2D eigenvalue weighted by atomic mass is 35.5. The molecular formula is C25H27ClFN3O4. The Morgan fingerprint density at radius 2 is 1.88 bits per heavy atom. The molecule has 2 aliphatic heterocycles. The molecule has 0 radical (unpaired) electrons. The molecule has 0 spiro atoms. The molecule has 2 aromatic rings. The van der Waals surface area contributed by atoms with Gasteiger partial charge in [0.15, 0.2) is 0 Å². The fourth-order valence-electron chi connectivity index (χ4n) is 4.85. The summed E-state index contributed by atoms with van der Waals surface area (Å²) in [5, 5.41) is 12.5. The predicted octanol–water partition coefficient (Wildman–Crippen LogP) is 4.08. The van der Waals surface area contributed by atoms with Crippen LogP contribution in [0, 0.1) is 12.7 Å². The van der Waals surface area contributed by atoms with Gasteiger partial charge in [-0.3, -0.25) is 14.5 Å². The fraction of sp³-hybridized carbons (Fsp3) is 0.400. The Morgan fingerprint density at radius 3 is 2.56 bits per heavy atom. The highest BCUT2D eigenvalue weighted by molar-refractivity contribution is 6.31. The number of nitrogens with zero attached hydrogens (tertiary/aromatic N) is 2. The van der Waals surface area contributed by atoms with Gasteiger partial charge in [-0.2, -0.15) is 0 Å². The number of piperidine rings is 1. The van der Waals surface area contributed by atoms with Crippen LogP contribution in [0.4, 0.5) is 10.1 Å². The van der Waals surface area contributed by atoms with E-state index in [2.05, 4.69) is 16.3 Å². The average Bonchev–Trinajstić information content (AvgIpc) is 3.18. The average molecular weight is 488 g/mol. The maximum atomic E-state index is 13.8. The Balaban J connectivity index is 1.39. The summed E-state index contributed by atoms with van der Waals surface area (Å²) in [4.78, 5) is 40.8. The normalized spacial score (nSPS) is 19.4. The van der Waals surface area contributed by atoms with E-state index in [1.807, 2.05) is 19.1 Å². The maximum Gasteiger partial charge on any atom is 0.335 e. The van der Waals surface area contributed by atoms with Gasteiger partial charge < -0.3 is 15.3 Å². The van der Waals surface area contributed by atoms with Crippen LogP contribution in [0.1, 0.15) is 47.2 Å². The van der Waals surface area contributed by atoms with Gasteiger partial charge in [0.05, 0.1) is 5.56 Å². The van der Waals surface area contributed by atoms with Gasteiger partial charge in [0, 0.05) is 42.8 Å². The van der Waals surface area contributed by atoms with Crippen LogP contribution in [0.3, 0.4) is 0 Å². The lowest BCUT2D eigenvalue weighted by molar-refractivity contribution is -0.136. The number of likely N-dealkylation sites (tertiary alicyclic amines) is 2. The third kappa shape index (κ3) is 5.39. The van der Waals surface area contributed by atoms with Gasteiger partial charge in [-0.05, 0) is 61.6 Å². The van der Waals surface area contributed by atoms with E-state index in [1.54, 1.807) is 4.90 Å². The van der Waals surface area contributed by atoms with Gasteiger partial charge in [0.2, 0.25) is 11.8 Å². The van der Waals surface area contributed by atoms with Crippen molar-refractivity contribution in [3.05, 3.63) is 63.9 Å². The van der Waals surface area contributed by atoms with E-state index in [4.69, 9.17) is 16.7 Å². The molecule has 2 fully saturated rings.